The number of carbonyl (C=O) groups excluding carboxylic acids is 2. The molecule has 1 aromatic heterocycles. The summed E-state index contributed by atoms with van der Waals surface area (Å²) in [5.41, 5.74) is 2.15. The van der Waals surface area contributed by atoms with E-state index < -0.39 is 0 Å². The lowest BCUT2D eigenvalue weighted by Gasteiger charge is -2.34. The summed E-state index contributed by atoms with van der Waals surface area (Å²) in [5, 5.41) is 7.54. The highest BCUT2D eigenvalue weighted by Gasteiger charge is 2.25. The minimum atomic E-state index is -0.0294. The molecule has 1 N–H and O–H groups in total. The van der Waals surface area contributed by atoms with Crippen LogP contribution in [0.2, 0.25) is 0 Å². The van der Waals surface area contributed by atoms with Gasteiger partial charge in [0.15, 0.2) is 0 Å². The Morgan fingerprint density at radius 3 is 2.59 bits per heavy atom. The molecule has 0 saturated carbocycles. The number of aryl methyl sites for hydroxylation is 2. The zero-order chi connectivity index (χ0) is 20.2. The van der Waals surface area contributed by atoms with Crippen molar-refractivity contribution in [3.05, 3.63) is 42.1 Å². The summed E-state index contributed by atoms with van der Waals surface area (Å²) >= 11 is 0. The molecule has 29 heavy (non-hydrogen) atoms. The Labute approximate surface area is 171 Å². The van der Waals surface area contributed by atoms with E-state index in [1.807, 2.05) is 23.7 Å². The number of amides is 2. The average Bonchev–Trinajstić information content (AvgIpc) is 3.13. The Morgan fingerprint density at radius 2 is 1.83 bits per heavy atom. The summed E-state index contributed by atoms with van der Waals surface area (Å²) in [7, 11) is 0. The van der Waals surface area contributed by atoms with Gasteiger partial charge in [-0.1, -0.05) is 18.2 Å². The van der Waals surface area contributed by atoms with E-state index in [0.717, 1.165) is 50.4 Å². The predicted molar refractivity (Wildman–Crippen MR) is 113 cm³/mol. The van der Waals surface area contributed by atoms with Crippen LogP contribution in [0.15, 0.2) is 36.4 Å². The van der Waals surface area contributed by atoms with E-state index in [1.165, 1.54) is 5.69 Å². The fraction of sp³-hybridized carbons (Fsp3) is 0.500. The summed E-state index contributed by atoms with van der Waals surface area (Å²) in [6.07, 6.45) is 3.23. The molecule has 0 aliphatic carbocycles. The molecule has 2 aliphatic heterocycles. The molecule has 7 nitrogen and oxygen atoms in total. The third-order valence-corrected chi connectivity index (χ3v) is 5.76. The molecule has 1 fully saturated rings. The van der Waals surface area contributed by atoms with Crippen molar-refractivity contribution in [1.82, 2.24) is 15.1 Å². The standard InChI is InChI=1S/C22H29N5O2/c1-17-16-21-26(12-5-13-27(21)24-17)22(29)9-8-20(28)23-18-10-14-25(15-11-18)19-6-3-2-4-7-19/h2-4,6-7,16,18H,5,8-15H2,1H3,(H,23,28). The van der Waals surface area contributed by atoms with Crippen LogP contribution in [0.5, 0.6) is 0 Å². The molecular weight excluding hydrogens is 366 g/mol. The Bertz CT molecular complexity index is 855. The van der Waals surface area contributed by atoms with Crippen LogP contribution in [-0.2, 0) is 16.1 Å². The SMILES string of the molecule is Cc1cc2n(n1)CCCN2C(=O)CCC(=O)NC1CCN(c2ccccc2)CC1. The van der Waals surface area contributed by atoms with Crippen molar-refractivity contribution in [1.29, 1.82) is 0 Å². The van der Waals surface area contributed by atoms with E-state index in [2.05, 4.69) is 39.6 Å². The normalized spacial score (nSPS) is 17.1. The Hall–Kier alpha value is -2.83. The molecule has 0 unspecified atom stereocenters. The van der Waals surface area contributed by atoms with Crippen LogP contribution in [0.3, 0.4) is 0 Å². The fourth-order valence-corrected chi connectivity index (χ4v) is 4.24. The van der Waals surface area contributed by atoms with Crippen molar-refractivity contribution in [3.63, 3.8) is 0 Å². The van der Waals surface area contributed by atoms with E-state index in [4.69, 9.17) is 0 Å². The Morgan fingerprint density at radius 1 is 1.07 bits per heavy atom. The van der Waals surface area contributed by atoms with E-state index in [0.29, 0.717) is 6.54 Å². The van der Waals surface area contributed by atoms with Gasteiger partial charge in [-0.05, 0) is 38.3 Å². The number of hydrogen-bond acceptors (Lipinski definition) is 4. The first kappa shape index (κ1) is 19.5. The van der Waals surface area contributed by atoms with Gasteiger partial charge in [0.2, 0.25) is 11.8 Å². The second-order valence-electron chi connectivity index (χ2n) is 7.93. The molecule has 0 bridgehead atoms. The number of benzene rings is 1. The second-order valence-corrected chi connectivity index (χ2v) is 7.93. The maximum atomic E-state index is 12.7. The number of fused-ring (bicyclic) bond motifs is 1. The van der Waals surface area contributed by atoms with Crippen molar-refractivity contribution in [2.45, 2.75) is 51.6 Å². The molecule has 3 heterocycles. The summed E-state index contributed by atoms with van der Waals surface area (Å²) in [5.74, 6) is 0.825. The van der Waals surface area contributed by atoms with Crippen molar-refractivity contribution in [3.8, 4) is 0 Å². The van der Waals surface area contributed by atoms with Gasteiger partial charge >= 0.3 is 0 Å². The molecule has 2 aromatic rings. The van der Waals surface area contributed by atoms with Crippen LogP contribution in [-0.4, -0.2) is 47.3 Å². The van der Waals surface area contributed by atoms with Crippen molar-refractivity contribution >= 4 is 23.3 Å². The molecule has 1 aromatic carbocycles. The zero-order valence-electron chi connectivity index (χ0n) is 17.0. The lowest BCUT2D eigenvalue weighted by Crippen LogP contribution is -2.45. The summed E-state index contributed by atoms with van der Waals surface area (Å²) in [6.45, 7) is 5.35. The second kappa shape index (κ2) is 8.68. The summed E-state index contributed by atoms with van der Waals surface area (Å²) < 4.78 is 1.89. The molecule has 154 valence electrons. The molecule has 4 rings (SSSR count). The van der Waals surface area contributed by atoms with Gasteiger partial charge < -0.3 is 10.2 Å². The van der Waals surface area contributed by atoms with Gasteiger partial charge in [-0.25, -0.2) is 4.68 Å². The smallest absolute Gasteiger partial charge is 0.228 e. The van der Waals surface area contributed by atoms with E-state index in [9.17, 15) is 9.59 Å². The molecule has 1 saturated heterocycles. The predicted octanol–water partition coefficient (Wildman–Crippen LogP) is 2.49. The largest absolute Gasteiger partial charge is 0.371 e. The maximum Gasteiger partial charge on any atom is 0.228 e. The van der Waals surface area contributed by atoms with Gasteiger partial charge in [-0.2, -0.15) is 5.10 Å². The molecule has 2 aliphatic rings. The third kappa shape index (κ3) is 4.60. The first-order chi connectivity index (χ1) is 14.1. The fourth-order valence-electron chi connectivity index (χ4n) is 4.24. The minimum Gasteiger partial charge on any atom is -0.371 e. The topological polar surface area (TPSA) is 70.5 Å². The number of anilines is 2. The number of hydrogen-bond donors (Lipinski definition) is 1. The van der Waals surface area contributed by atoms with E-state index in [1.54, 1.807) is 4.90 Å². The lowest BCUT2D eigenvalue weighted by atomic mass is 10.0. The molecule has 2 amide bonds. The van der Waals surface area contributed by atoms with Crippen molar-refractivity contribution in [2.24, 2.45) is 0 Å². The number of nitrogens with zero attached hydrogens (tertiary/aromatic N) is 4. The van der Waals surface area contributed by atoms with Crippen LogP contribution < -0.4 is 15.1 Å². The third-order valence-electron chi connectivity index (χ3n) is 5.76. The van der Waals surface area contributed by atoms with Gasteiger partial charge in [0.05, 0.1) is 5.69 Å². The molecular formula is C22H29N5O2. The van der Waals surface area contributed by atoms with Gasteiger partial charge in [0.25, 0.3) is 0 Å². The van der Waals surface area contributed by atoms with Gasteiger partial charge in [-0.3, -0.25) is 14.5 Å². The van der Waals surface area contributed by atoms with Crippen LogP contribution in [0.4, 0.5) is 11.5 Å². The summed E-state index contributed by atoms with van der Waals surface area (Å²) in [6, 6.07) is 12.5. The highest BCUT2D eigenvalue weighted by molar-refractivity contribution is 5.95. The lowest BCUT2D eigenvalue weighted by molar-refractivity contribution is -0.125. The van der Waals surface area contributed by atoms with Gasteiger partial charge in [0.1, 0.15) is 5.82 Å². The summed E-state index contributed by atoms with van der Waals surface area (Å²) in [4.78, 5) is 29.2. The number of rotatable bonds is 5. The van der Waals surface area contributed by atoms with Gasteiger partial charge in [-0.15, -0.1) is 0 Å². The molecule has 0 atom stereocenters. The average molecular weight is 396 g/mol. The van der Waals surface area contributed by atoms with Gasteiger partial charge in [0, 0.05) is 56.8 Å². The highest BCUT2D eigenvalue weighted by atomic mass is 16.2. The van der Waals surface area contributed by atoms with Crippen LogP contribution >= 0.6 is 0 Å². The number of carbonyl (C=O) groups is 2. The maximum absolute atomic E-state index is 12.7. The first-order valence-electron chi connectivity index (χ1n) is 10.5. The Kier molecular flexibility index (Phi) is 5.83. The highest BCUT2D eigenvalue weighted by Crippen LogP contribution is 2.23. The first-order valence-corrected chi connectivity index (χ1v) is 10.5. The van der Waals surface area contributed by atoms with E-state index in [-0.39, 0.29) is 30.7 Å². The van der Waals surface area contributed by atoms with Crippen LogP contribution in [0.1, 0.15) is 37.8 Å². The molecule has 7 heteroatoms. The minimum absolute atomic E-state index is 0.0000955. The van der Waals surface area contributed by atoms with Crippen molar-refractivity contribution < 1.29 is 9.59 Å². The number of piperidine rings is 1. The van der Waals surface area contributed by atoms with Crippen LogP contribution in [0, 0.1) is 6.92 Å². The molecule has 0 spiro atoms. The van der Waals surface area contributed by atoms with E-state index >= 15 is 0 Å². The Balaban J connectivity index is 1.22. The number of para-hydroxylation sites is 1. The quantitative estimate of drug-likeness (QED) is 0.844. The van der Waals surface area contributed by atoms with Crippen LogP contribution in [0.25, 0.3) is 0 Å². The zero-order valence-corrected chi connectivity index (χ0v) is 17.0. The van der Waals surface area contributed by atoms with Crippen molar-refractivity contribution in [2.75, 3.05) is 29.4 Å². The molecule has 0 radical (unpaired) electrons. The number of nitrogens with one attached hydrogen (secondary N) is 1. The monoisotopic (exact) mass is 395 g/mol. The number of aromatic nitrogens is 2.